The number of aliphatic hydroxyl groups excluding tert-OH is 3. The molecule has 0 spiro atoms. The van der Waals surface area contributed by atoms with E-state index in [1.165, 1.54) is 17.7 Å². The van der Waals surface area contributed by atoms with Crippen LogP contribution in [0.1, 0.15) is 85.5 Å². The summed E-state index contributed by atoms with van der Waals surface area (Å²) >= 11 is 0. The number of ether oxygens (including phenoxy) is 1. The van der Waals surface area contributed by atoms with Crippen molar-refractivity contribution in [2.24, 2.45) is 10.7 Å². The minimum Gasteiger partial charge on any atom is -0.508 e. The number of phenolic OH excluding ortho intramolecular Hbond substituents is 2. The standard InChI is InChI=1S/C43H50N4O7/c1-2-7-32(48)21-34(50)22-33(49)14-12-28-20-41(40(53)23-39(28)52)54-42-11-6-10-38(51)35-15-13-29(43(44)45-17-16-27-8-4-3-5-9-27)18-30(35)19-31-24-46-37-26-47(42)25-36(31)37/h3-5,8-9,13,15,18,20,23-25,32,34,38,42-43,45,48,50-53H,2,7,11-12,14,16-17,19,21-22,26,44H2,1H3/t32-,34+,38-,42-,43+/m0/s1. The zero-order valence-electron chi connectivity index (χ0n) is 30.6. The van der Waals surface area contributed by atoms with Crippen molar-refractivity contribution in [3.63, 3.8) is 0 Å². The number of aliphatic imine (C=N–C) groups is 1. The van der Waals surface area contributed by atoms with Gasteiger partial charge in [-0.05, 0) is 65.1 Å². The second-order valence-corrected chi connectivity index (χ2v) is 14.3. The highest BCUT2D eigenvalue weighted by Crippen LogP contribution is 2.37. The number of benzene rings is 3. The molecule has 5 atom stereocenters. The monoisotopic (exact) mass is 734 g/mol. The predicted octanol–water partition coefficient (Wildman–Crippen LogP) is 4.62. The van der Waals surface area contributed by atoms with Crippen LogP contribution < -0.4 is 15.8 Å². The molecule has 3 aromatic rings. The summed E-state index contributed by atoms with van der Waals surface area (Å²) < 4.78 is 6.36. The average molecular weight is 735 g/mol. The molecule has 11 heteroatoms. The summed E-state index contributed by atoms with van der Waals surface area (Å²) in [7, 11) is 0. The Hall–Kier alpha value is -4.96. The predicted molar refractivity (Wildman–Crippen MR) is 207 cm³/mol. The number of Topliss-reactive ketones (excluding diaryl/α,β-unsaturated/α-hetero) is 1. The number of hydrogen-bond donors (Lipinski definition) is 7. The van der Waals surface area contributed by atoms with E-state index in [0.29, 0.717) is 37.1 Å². The van der Waals surface area contributed by atoms with E-state index in [1.54, 1.807) is 0 Å². The molecule has 11 nitrogen and oxygen atoms in total. The molecule has 284 valence electrons. The van der Waals surface area contributed by atoms with E-state index < -0.39 is 30.7 Å². The number of phenols is 2. The number of aliphatic hydroxyl groups is 3. The number of rotatable bonds is 16. The highest BCUT2D eigenvalue weighted by Gasteiger charge is 2.32. The lowest BCUT2D eigenvalue weighted by Crippen LogP contribution is -2.35. The highest BCUT2D eigenvalue weighted by atomic mass is 16.5. The number of fused-ring (bicyclic) bond motifs is 2. The Balaban J connectivity index is 1.16. The van der Waals surface area contributed by atoms with E-state index in [4.69, 9.17) is 15.5 Å². The number of hydrogen-bond acceptors (Lipinski definition) is 11. The van der Waals surface area contributed by atoms with Crippen molar-refractivity contribution >= 4 is 11.5 Å². The van der Waals surface area contributed by atoms with Crippen molar-refractivity contribution in [3.8, 4) is 29.1 Å². The smallest absolute Gasteiger partial charge is 0.183 e. The van der Waals surface area contributed by atoms with Gasteiger partial charge in [0.2, 0.25) is 0 Å². The molecule has 8 N–H and O–H groups in total. The molecule has 0 radical (unpaired) electrons. The molecule has 0 amide bonds. The van der Waals surface area contributed by atoms with Gasteiger partial charge >= 0.3 is 0 Å². The number of carbonyl (C=O) groups excluding carboxylic acids is 1. The van der Waals surface area contributed by atoms with Crippen LogP contribution in [-0.4, -0.2) is 73.5 Å². The van der Waals surface area contributed by atoms with Crippen LogP contribution in [0.2, 0.25) is 0 Å². The zero-order valence-corrected chi connectivity index (χ0v) is 30.6. The van der Waals surface area contributed by atoms with Crippen LogP contribution in [0.3, 0.4) is 0 Å². The van der Waals surface area contributed by atoms with Crippen LogP contribution in [0.15, 0.2) is 89.2 Å². The van der Waals surface area contributed by atoms with Gasteiger partial charge in [0, 0.05) is 49.8 Å². The number of nitrogens with zero attached hydrogens (tertiary/aromatic N) is 2. The number of carbonyl (C=O) groups is 1. The van der Waals surface area contributed by atoms with E-state index in [9.17, 15) is 30.3 Å². The lowest BCUT2D eigenvalue weighted by molar-refractivity contribution is -0.121. The maximum atomic E-state index is 12.6. The molecule has 3 aliphatic heterocycles. The number of aromatic hydroxyl groups is 2. The molecule has 0 aliphatic carbocycles. The van der Waals surface area contributed by atoms with Gasteiger partial charge in [-0.15, -0.1) is 0 Å². The quantitative estimate of drug-likeness (QED) is 0.0811. The molecular formula is C43H50N4O7. The van der Waals surface area contributed by atoms with Crippen LogP contribution in [0.25, 0.3) is 0 Å². The minimum absolute atomic E-state index is 0.0539. The maximum absolute atomic E-state index is 12.6. The summed E-state index contributed by atoms with van der Waals surface area (Å²) in [5.41, 5.74) is 13.5. The third-order valence-electron chi connectivity index (χ3n) is 10.1. The first-order chi connectivity index (χ1) is 26.1. The van der Waals surface area contributed by atoms with Gasteiger partial charge in [-0.2, -0.15) is 0 Å². The van der Waals surface area contributed by atoms with E-state index in [0.717, 1.165) is 40.8 Å². The Kier molecular flexibility index (Phi) is 12.9. The van der Waals surface area contributed by atoms with Gasteiger partial charge in [0.1, 0.15) is 17.6 Å². The summed E-state index contributed by atoms with van der Waals surface area (Å²) in [6, 6.07) is 18.8. The Morgan fingerprint density at radius 1 is 1.07 bits per heavy atom. The Morgan fingerprint density at radius 2 is 1.89 bits per heavy atom. The summed E-state index contributed by atoms with van der Waals surface area (Å²) in [6.45, 7) is 3.10. The van der Waals surface area contributed by atoms with Gasteiger partial charge in [-0.3, -0.25) is 15.1 Å². The molecule has 6 rings (SSSR count). The third-order valence-corrected chi connectivity index (χ3v) is 10.1. The molecule has 2 bridgehead atoms. The van der Waals surface area contributed by atoms with Crippen molar-refractivity contribution in [3.05, 3.63) is 112 Å². The minimum atomic E-state index is -1.07. The van der Waals surface area contributed by atoms with Crippen molar-refractivity contribution in [2.45, 2.75) is 95.4 Å². The van der Waals surface area contributed by atoms with Crippen LogP contribution in [0.5, 0.6) is 17.2 Å². The van der Waals surface area contributed by atoms with Gasteiger partial charge in [-0.1, -0.05) is 73.7 Å². The number of nitrogens with two attached hydrogens (primary N) is 1. The van der Waals surface area contributed by atoms with Gasteiger partial charge < -0.3 is 40.9 Å². The molecule has 0 saturated heterocycles. The fourth-order valence-electron chi connectivity index (χ4n) is 7.13. The van der Waals surface area contributed by atoms with Crippen molar-refractivity contribution in [1.29, 1.82) is 0 Å². The number of ketones is 1. The first-order valence-corrected chi connectivity index (χ1v) is 18.7. The van der Waals surface area contributed by atoms with Crippen molar-refractivity contribution in [1.82, 2.24) is 10.2 Å². The fraction of sp³-hybridized carbons (Fsp3) is 0.395. The molecule has 0 fully saturated rings. The molecule has 0 saturated carbocycles. The third kappa shape index (κ3) is 9.77. The molecule has 54 heavy (non-hydrogen) atoms. The van der Waals surface area contributed by atoms with E-state index in [-0.39, 0.29) is 55.1 Å². The van der Waals surface area contributed by atoms with Crippen molar-refractivity contribution in [2.75, 3.05) is 13.1 Å². The number of nitrogens with one attached hydrogen (secondary N) is 1. The molecule has 0 aromatic heterocycles. The van der Waals surface area contributed by atoms with Crippen LogP contribution in [-0.2, 0) is 24.1 Å². The second kappa shape index (κ2) is 17.9. The zero-order chi connectivity index (χ0) is 38.2. The summed E-state index contributed by atoms with van der Waals surface area (Å²) in [5.74, 6) is 5.53. The SMILES string of the molecule is CCC[C@H](O)C[C@@H](O)CC(=O)CCc1cc(O[C@H]2CC#C[C@H](O)c3ccc([C@H](N)NCCc4ccccc4)cc3CC3=CN=C4CN2C=C34)c(O)cc1O. The lowest BCUT2D eigenvalue weighted by atomic mass is 9.91. The Morgan fingerprint density at radius 3 is 2.69 bits per heavy atom. The van der Waals surface area contributed by atoms with Gasteiger partial charge in [-0.25, -0.2) is 0 Å². The molecule has 3 aromatic carbocycles. The summed E-state index contributed by atoms with van der Waals surface area (Å²) in [6.07, 6.45) is 3.24. The maximum Gasteiger partial charge on any atom is 0.183 e. The number of aryl methyl sites for hydroxylation is 1. The fourth-order valence-corrected chi connectivity index (χ4v) is 7.13. The first-order valence-electron chi connectivity index (χ1n) is 18.7. The summed E-state index contributed by atoms with van der Waals surface area (Å²) in [4.78, 5) is 19.3. The topological polar surface area (TPSA) is 181 Å². The van der Waals surface area contributed by atoms with Gasteiger partial charge in [0.15, 0.2) is 17.7 Å². The second-order valence-electron chi connectivity index (χ2n) is 14.3. The molecular weight excluding hydrogens is 684 g/mol. The van der Waals surface area contributed by atoms with Gasteiger partial charge in [0.05, 0.1) is 37.1 Å². The number of allylic oxidation sites excluding steroid dienone is 1. The lowest BCUT2D eigenvalue weighted by Gasteiger charge is -2.27. The molecule has 0 unspecified atom stereocenters. The van der Waals surface area contributed by atoms with E-state index in [2.05, 4.69) is 29.3 Å². The van der Waals surface area contributed by atoms with Gasteiger partial charge in [0.25, 0.3) is 0 Å². The molecule has 3 aliphatic rings. The van der Waals surface area contributed by atoms with E-state index in [1.807, 2.05) is 60.6 Å². The first kappa shape index (κ1) is 38.8. The Bertz CT molecular complexity index is 1970. The van der Waals surface area contributed by atoms with E-state index >= 15 is 0 Å². The van der Waals surface area contributed by atoms with Crippen LogP contribution in [0.4, 0.5) is 0 Å². The Labute approximate surface area is 316 Å². The largest absolute Gasteiger partial charge is 0.508 e. The van der Waals surface area contributed by atoms with Crippen LogP contribution in [0, 0.1) is 11.8 Å². The average Bonchev–Trinajstić information content (AvgIpc) is 3.73. The van der Waals surface area contributed by atoms with Crippen molar-refractivity contribution < 1.29 is 35.1 Å². The van der Waals surface area contributed by atoms with Crippen LogP contribution >= 0.6 is 0 Å². The molecule has 3 heterocycles. The normalized spacial score (nSPS) is 19.2. The summed E-state index contributed by atoms with van der Waals surface area (Å²) in [5, 5.41) is 56.3. The highest BCUT2D eigenvalue weighted by molar-refractivity contribution is 6.09.